The van der Waals surface area contributed by atoms with Crippen molar-refractivity contribution < 1.29 is 0 Å². The predicted molar refractivity (Wildman–Crippen MR) is 67.7 cm³/mol. The van der Waals surface area contributed by atoms with Crippen LogP contribution in [0, 0.1) is 13.8 Å². The van der Waals surface area contributed by atoms with Crippen LogP contribution in [-0.2, 0) is 0 Å². The zero-order chi connectivity index (χ0) is 11.4. The van der Waals surface area contributed by atoms with Gasteiger partial charge in [0.05, 0.1) is 11.0 Å². The molecule has 1 aromatic carbocycles. The molecule has 3 nitrogen and oxygen atoms in total. The largest absolute Gasteiger partial charge is 0.342 e. The Morgan fingerprint density at radius 3 is 2.50 bits per heavy atom. The fourth-order valence-electron chi connectivity index (χ4n) is 1.88. The summed E-state index contributed by atoms with van der Waals surface area (Å²) in [5, 5.41) is 3.22. The van der Waals surface area contributed by atoms with Crippen LogP contribution in [0.4, 0.5) is 0 Å². The number of aromatic amines is 1. The van der Waals surface area contributed by atoms with Crippen molar-refractivity contribution in [3.8, 4) is 0 Å². The lowest BCUT2D eigenvalue weighted by Gasteiger charge is -1.89. The van der Waals surface area contributed by atoms with Crippen LogP contribution in [0.25, 0.3) is 11.0 Å². The summed E-state index contributed by atoms with van der Waals surface area (Å²) in [6, 6.07) is 6.21. The Bertz CT molecular complexity index is 448. The van der Waals surface area contributed by atoms with E-state index in [0.717, 1.165) is 16.9 Å². The molecule has 1 fully saturated rings. The van der Waals surface area contributed by atoms with Crippen LogP contribution < -0.4 is 5.32 Å². The van der Waals surface area contributed by atoms with Gasteiger partial charge in [-0.15, -0.1) is 0 Å². The number of nitrogens with zero attached hydrogens (tertiary/aromatic N) is 1. The molecule has 0 radical (unpaired) electrons. The maximum Gasteiger partial charge on any atom is 0.104 e. The van der Waals surface area contributed by atoms with Crippen LogP contribution in [0.5, 0.6) is 0 Å². The first-order valence-corrected chi connectivity index (χ1v) is 5.89. The van der Waals surface area contributed by atoms with Crippen LogP contribution in [0.1, 0.15) is 24.2 Å². The van der Waals surface area contributed by atoms with Crippen molar-refractivity contribution in [3.05, 3.63) is 29.6 Å². The van der Waals surface area contributed by atoms with Crippen molar-refractivity contribution in [2.24, 2.45) is 0 Å². The first-order chi connectivity index (χ1) is 7.75. The number of imidazole rings is 1. The topological polar surface area (TPSA) is 40.7 Å². The van der Waals surface area contributed by atoms with Crippen LogP contribution in [0.15, 0.2) is 18.2 Å². The molecular weight excluding hydrogens is 198 g/mol. The molecule has 2 heterocycles. The fourth-order valence-corrected chi connectivity index (χ4v) is 1.88. The second kappa shape index (κ2) is 5.12. The summed E-state index contributed by atoms with van der Waals surface area (Å²) in [4.78, 5) is 7.49. The van der Waals surface area contributed by atoms with Gasteiger partial charge in [-0.2, -0.15) is 0 Å². The average Bonchev–Trinajstić information content (AvgIpc) is 2.87. The van der Waals surface area contributed by atoms with Crippen LogP contribution in [0.3, 0.4) is 0 Å². The molecule has 0 spiro atoms. The van der Waals surface area contributed by atoms with E-state index in [1.165, 1.54) is 31.5 Å². The van der Waals surface area contributed by atoms with Gasteiger partial charge in [-0.25, -0.2) is 4.98 Å². The molecule has 0 amide bonds. The average molecular weight is 217 g/mol. The SMILES string of the molecule is C1CCNC1.Cc1ccc2nc(C)[nH]c2c1. The monoisotopic (exact) mass is 217 g/mol. The van der Waals surface area contributed by atoms with Gasteiger partial charge in [0.1, 0.15) is 5.82 Å². The van der Waals surface area contributed by atoms with Crippen molar-refractivity contribution in [1.82, 2.24) is 15.3 Å². The molecule has 0 saturated carbocycles. The highest BCUT2D eigenvalue weighted by Gasteiger charge is 1.96. The second-order valence-corrected chi connectivity index (χ2v) is 4.30. The Morgan fingerprint density at radius 1 is 1.12 bits per heavy atom. The molecule has 2 N–H and O–H groups in total. The molecule has 1 aliphatic heterocycles. The lowest BCUT2D eigenvalue weighted by atomic mass is 10.2. The molecule has 3 rings (SSSR count). The minimum absolute atomic E-state index is 0.977. The predicted octanol–water partition coefficient (Wildman–Crippen LogP) is 2.55. The zero-order valence-corrected chi connectivity index (χ0v) is 10.0. The normalized spacial score (nSPS) is 14.9. The minimum atomic E-state index is 0.977. The van der Waals surface area contributed by atoms with Gasteiger partial charge < -0.3 is 10.3 Å². The second-order valence-electron chi connectivity index (χ2n) is 4.30. The Balaban J connectivity index is 0.000000162. The summed E-state index contributed by atoms with van der Waals surface area (Å²) < 4.78 is 0. The lowest BCUT2D eigenvalue weighted by molar-refractivity contribution is 0.857. The number of benzene rings is 1. The van der Waals surface area contributed by atoms with Crippen molar-refractivity contribution in [1.29, 1.82) is 0 Å². The van der Waals surface area contributed by atoms with E-state index in [1.54, 1.807) is 0 Å². The molecule has 0 aliphatic carbocycles. The molecule has 16 heavy (non-hydrogen) atoms. The van der Waals surface area contributed by atoms with E-state index in [-0.39, 0.29) is 0 Å². The summed E-state index contributed by atoms with van der Waals surface area (Å²) in [5.41, 5.74) is 3.44. The number of aryl methyl sites for hydroxylation is 2. The van der Waals surface area contributed by atoms with E-state index in [1.807, 2.05) is 13.0 Å². The Morgan fingerprint density at radius 2 is 1.88 bits per heavy atom. The maximum atomic E-state index is 4.30. The number of nitrogens with one attached hydrogen (secondary N) is 2. The van der Waals surface area contributed by atoms with Crippen molar-refractivity contribution in [3.63, 3.8) is 0 Å². The lowest BCUT2D eigenvalue weighted by Crippen LogP contribution is -2.03. The highest BCUT2D eigenvalue weighted by Crippen LogP contribution is 2.12. The Kier molecular flexibility index (Phi) is 3.57. The Labute approximate surface area is 96.3 Å². The van der Waals surface area contributed by atoms with Crippen LogP contribution in [0.2, 0.25) is 0 Å². The van der Waals surface area contributed by atoms with Gasteiger partial charge in [0.25, 0.3) is 0 Å². The highest BCUT2D eigenvalue weighted by molar-refractivity contribution is 5.75. The molecule has 3 heteroatoms. The standard InChI is InChI=1S/C9H10N2.C4H9N/c1-6-3-4-8-9(5-6)11-7(2)10-8;1-2-4-5-3-1/h3-5H,1-2H3,(H,10,11);5H,1-4H2. The van der Waals surface area contributed by atoms with Gasteiger partial charge in [0.15, 0.2) is 0 Å². The van der Waals surface area contributed by atoms with Crippen molar-refractivity contribution >= 4 is 11.0 Å². The van der Waals surface area contributed by atoms with Crippen LogP contribution >= 0.6 is 0 Å². The summed E-state index contributed by atoms with van der Waals surface area (Å²) in [6.07, 6.45) is 2.78. The van der Waals surface area contributed by atoms with Gasteiger partial charge in [-0.3, -0.25) is 0 Å². The van der Waals surface area contributed by atoms with E-state index >= 15 is 0 Å². The van der Waals surface area contributed by atoms with Gasteiger partial charge in [0.2, 0.25) is 0 Å². The first-order valence-electron chi connectivity index (χ1n) is 5.89. The molecule has 1 aromatic heterocycles. The maximum absolute atomic E-state index is 4.30. The van der Waals surface area contributed by atoms with Gasteiger partial charge in [-0.05, 0) is 57.5 Å². The first kappa shape index (κ1) is 11.1. The third-order valence-corrected chi connectivity index (χ3v) is 2.71. The quantitative estimate of drug-likeness (QED) is 0.712. The molecule has 0 atom stereocenters. The molecule has 1 saturated heterocycles. The van der Waals surface area contributed by atoms with Gasteiger partial charge in [0, 0.05) is 0 Å². The van der Waals surface area contributed by atoms with Gasteiger partial charge in [-0.1, -0.05) is 6.07 Å². The smallest absolute Gasteiger partial charge is 0.104 e. The van der Waals surface area contributed by atoms with E-state index in [0.29, 0.717) is 0 Å². The van der Waals surface area contributed by atoms with Crippen molar-refractivity contribution in [2.45, 2.75) is 26.7 Å². The fraction of sp³-hybridized carbons (Fsp3) is 0.462. The number of rotatable bonds is 0. The van der Waals surface area contributed by atoms with Crippen LogP contribution in [-0.4, -0.2) is 23.1 Å². The number of fused-ring (bicyclic) bond motifs is 1. The molecule has 1 aliphatic rings. The summed E-state index contributed by atoms with van der Waals surface area (Å²) in [7, 11) is 0. The van der Waals surface area contributed by atoms with E-state index in [9.17, 15) is 0 Å². The summed E-state index contributed by atoms with van der Waals surface area (Å²) in [5.74, 6) is 0.977. The third-order valence-electron chi connectivity index (χ3n) is 2.71. The third kappa shape index (κ3) is 2.83. The number of H-pyrrole nitrogens is 1. The summed E-state index contributed by atoms with van der Waals surface area (Å²) >= 11 is 0. The highest BCUT2D eigenvalue weighted by atomic mass is 14.9. The Hall–Kier alpha value is -1.35. The zero-order valence-electron chi connectivity index (χ0n) is 10.0. The van der Waals surface area contributed by atoms with E-state index in [2.05, 4.69) is 34.3 Å². The summed E-state index contributed by atoms with van der Waals surface area (Å²) in [6.45, 7) is 6.55. The van der Waals surface area contributed by atoms with Gasteiger partial charge >= 0.3 is 0 Å². The van der Waals surface area contributed by atoms with E-state index < -0.39 is 0 Å². The number of aromatic nitrogens is 2. The number of hydrogen-bond acceptors (Lipinski definition) is 2. The molecular formula is C13H19N3. The molecule has 0 bridgehead atoms. The molecule has 86 valence electrons. The minimum Gasteiger partial charge on any atom is -0.342 e. The number of hydrogen-bond donors (Lipinski definition) is 2. The molecule has 2 aromatic rings. The molecule has 0 unspecified atom stereocenters. The van der Waals surface area contributed by atoms with E-state index in [4.69, 9.17) is 0 Å². The van der Waals surface area contributed by atoms with Crippen molar-refractivity contribution in [2.75, 3.05) is 13.1 Å².